The maximum absolute atomic E-state index is 5.51. The Hall–Kier alpha value is -0.810. The second-order valence-corrected chi connectivity index (χ2v) is 5.48. The van der Waals surface area contributed by atoms with Gasteiger partial charge in [-0.25, -0.2) is 0 Å². The normalized spacial score (nSPS) is 17.9. The lowest BCUT2D eigenvalue weighted by Gasteiger charge is -2.38. The van der Waals surface area contributed by atoms with E-state index in [-0.39, 0.29) is 5.41 Å². The first-order valence-corrected chi connectivity index (χ1v) is 7.30. The number of ether oxygens (including phenoxy) is 2. The molecule has 2 N–H and O–H groups in total. The summed E-state index contributed by atoms with van der Waals surface area (Å²) in [5.74, 6) is 0.863. The van der Waals surface area contributed by atoms with Crippen LogP contribution >= 0.6 is 0 Å². The maximum atomic E-state index is 5.51. The zero-order chi connectivity index (χ0) is 14.0. The molecule has 1 aliphatic heterocycles. The molecule has 0 aromatic carbocycles. The van der Waals surface area contributed by atoms with Gasteiger partial charge in [0.05, 0.1) is 13.2 Å². The molecule has 1 saturated heterocycles. The second-order valence-electron chi connectivity index (χ2n) is 5.48. The molecule has 0 aliphatic carbocycles. The molecule has 0 aromatic heterocycles. The van der Waals surface area contributed by atoms with E-state index in [1.165, 1.54) is 6.42 Å². The summed E-state index contributed by atoms with van der Waals surface area (Å²) in [6.07, 6.45) is 3.35. The maximum Gasteiger partial charge on any atom is 0.191 e. The molecular weight excluding hydrogens is 242 g/mol. The van der Waals surface area contributed by atoms with Crippen LogP contribution in [0, 0.1) is 5.41 Å². The smallest absolute Gasteiger partial charge is 0.191 e. The summed E-state index contributed by atoms with van der Waals surface area (Å²) < 4.78 is 10.7. The Kier molecular flexibility index (Phi) is 7.82. The molecule has 5 heteroatoms. The molecule has 0 atom stereocenters. The molecule has 0 spiro atoms. The van der Waals surface area contributed by atoms with Crippen molar-refractivity contribution in [3.63, 3.8) is 0 Å². The third-order valence-corrected chi connectivity index (χ3v) is 3.21. The van der Waals surface area contributed by atoms with Crippen LogP contribution in [0.25, 0.3) is 0 Å². The predicted octanol–water partition coefficient (Wildman–Crippen LogP) is 1.39. The van der Waals surface area contributed by atoms with E-state index in [0.29, 0.717) is 0 Å². The van der Waals surface area contributed by atoms with E-state index in [1.54, 1.807) is 7.05 Å². The van der Waals surface area contributed by atoms with Crippen molar-refractivity contribution in [1.29, 1.82) is 0 Å². The first kappa shape index (κ1) is 16.2. The van der Waals surface area contributed by atoms with Gasteiger partial charge in [0, 0.05) is 38.8 Å². The molecular formula is C14H29N3O2. The average molecular weight is 271 g/mol. The Bertz CT molecular complexity index is 265. The van der Waals surface area contributed by atoms with Gasteiger partial charge in [0.25, 0.3) is 0 Å². The van der Waals surface area contributed by atoms with E-state index < -0.39 is 0 Å². The Morgan fingerprint density at radius 3 is 2.58 bits per heavy atom. The minimum atomic E-state index is 0.265. The fourth-order valence-electron chi connectivity index (χ4n) is 1.80. The Morgan fingerprint density at radius 1 is 1.26 bits per heavy atom. The molecule has 0 amide bonds. The van der Waals surface area contributed by atoms with Crippen LogP contribution in [0.15, 0.2) is 4.99 Å². The highest BCUT2D eigenvalue weighted by Crippen LogP contribution is 2.24. The van der Waals surface area contributed by atoms with Crippen molar-refractivity contribution in [1.82, 2.24) is 10.6 Å². The number of aliphatic imine (C=N–C) groups is 1. The van der Waals surface area contributed by atoms with Crippen LogP contribution in [-0.2, 0) is 9.47 Å². The summed E-state index contributed by atoms with van der Waals surface area (Å²) >= 11 is 0. The van der Waals surface area contributed by atoms with E-state index in [1.807, 2.05) is 0 Å². The van der Waals surface area contributed by atoms with Gasteiger partial charge in [-0.15, -0.1) is 0 Å². The van der Waals surface area contributed by atoms with Crippen LogP contribution in [0.2, 0.25) is 0 Å². The Labute approximate surface area is 117 Å². The minimum Gasteiger partial charge on any atom is -0.381 e. The standard InChI is InChI=1S/C14H29N3O2/c1-4-5-8-18-9-6-7-16-13(15-3)17-10-14(2)11-19-12-14/h4-12H2,1-3H3,(H2,15,16,17). The molecule has 0 aromatic rings. The lowest BCUT2D eigenvalue weighted by Crippen LogP contribution is -2.51. The Balaban J connectivity index is 1.99. The molecule has 0 saturated carbocycles. The largest absolute Gasteiger partial charge is 0.381 e. The van der Waals surface area contributed by atoms with Gasteiger partial charge in [0.2, 0.25) is 0 Å². The van der Waals surface area contributed by atoms with Gasteiger partial charge in [0.1, 0.15) is 0 Å². The van der Waals surface area contributed by atoms with Gasteiger partial charge < -0.3 is 20.1 Å². The fraction of sp³-hybridized carbons (Fsp3) is 0.929. The number of nitrogens with zero attached hydrogens (tertiary/aromatic N) is 1. The SMILES string of the molecule is CCCCOCCCNC(=NC)NCC1(C)COC1. The van der Waals surface area contributed by atoms with E-state index in [2.05, 4.69) is 29.5 Å². The summed E-state index contributed by atoms with van der Waals surface area (Å²) in [4.78, 5) is 4.21. The topological polar surface area (TPSA) is 54.9 Å². The highest BCUT2D eigenvalue weighted by atomic mass is 16.5. The molecule has 0 bridgehead atoms. The molecule has 0 unspecified atom stereocenters. The quantitative estimate of drug-likeness (QED) is 0.378. The molecule has 0 radical (unpaired) electrons. The van der Waals surface area contributed by atoms with Crippen molar-refractivity contribution in [2.75, 3.05) is 46.6 Å². The number of rotatable bonds is 9. The summed E-state index contributed by atoms with van der Waals surface area (Å²) in [6.45, 7) is 9.55. The molecule has 1 rings (SSSR count). The van der Waals surface area contributed by atoms with Crippen LogP contribution in [0.5, 0.6) is 0 Å². The van der Waals surface area contributed by atoms with Gasteiger partial charge in [0.15, 0.2) is 5.96 Å². The lowest BCUT2D eigenvalue weighted by atomic mass is 9.89. The van der Waals surface area contributed by atoms with Crippen molar-refractivity contribution in [2.45, 2.75) is 33.1 Å². The van der Waals surface area contributed by atoms with E-state index in [4.69, 9.17) is 9.47 Å². The summed E-state index contributed by atoms with van der Waals surface area (Å²) in [5.41, 5.74) is 0.265. The minimum absolute atomic E-state index is 0.265. The number of nitrogens with one attached hydrogen (secondary N) is 2. The highest BCUT2D eigenvalue weighted by Gasteiger charge is 2.33. The van der Waals surface area contributed by atoms with Gasteiger partial charge >= 0.3 is 0 Å². The third-order valence-electron chi connectivity index (χ3n) is 3.21. The second kappa shape index (κ2) is 9.15. The Morgan fingerprint density at radius 2 is 2.00 bits per heavy atom. The van der Waals surface area contributed by atoms with Crippen molar-refractivity contribution in [2.24, 2.45) is 10.4 Å². The molecule has 112 valence electrons. The summed E-state index contributed by atoms with van der Waals surface area (Å²) in [5, 5.41) is 6.64. The number of hydrogen-bond donors (Lipinski definition) is 2. The summed E-state index contributed by atoms with van der Waals surface area (Å²) in [7, 11) is 1.80. The zero-order valence-corrected chi connectivity index (χ0v) is 12.6. The van der Waals surface area contributed by atoms with Crippen molar-refractivity contribution in [3.05, 3.63) is 0 Å². The van der Waals surface area contributed by atoms with Gasteiger partial charge in [-0.3, -0.25) is 4.99 Å². The molecule has 1 heterocycles. The van der Waals surface area contributed by atoms with Crippen LogP contribution < -0.4 is 10.6 Å². The zero-order valence-electron chi connectivity index (χ0n) is 12.6. The lowest BCUT2D eigenvalue weighted by molar-refractivity contribution is -0.0971. The molecule has 1 aliphatic rings. The van der Waals surface area contributed by atoms with Crippen LogP contribution in [0.1, 0.15) is 33.1 Å². The van der Waals surface area contributed by atoms with E-state index in [9.17, 15) is 0 Å². The van der Waals surface area contributed by atoms with E-state index >= 15 is 0 Å². The fourth-order valence-corrected chi connectivity index (χ4v) is 1.80. The van der Waals surface area contributed by atoms with Crippen molar-refractivity contribution in [3.8, 4) is 0 Å². The number of hydrogen-bond acceptors (Lipinski definition) is 3. The molecule has 1 fully saturated rings. The van der Waals surface area contributed by atoms with Crippen molar-refractivity contribution >= 4 is 5.96 Å². The first-order valence-electron chi connectivity index (χ1n) is 7.30. The van der Waals surface area contributed by atoms with Gasteiger partial charge in [-0.05, 0) is 12.8 Å². The van der Waals surface area contributed by atoms with E-state index in [0.717, 1.165) is 58.3 Å². The first-order chi connectivity index (χ1) is 9.20. The summed E-state index contributed by atoms with van der Waals surface area (Å²) in [6, 6.07) is 0. The van der Waals surface area contributed by atoms with Crippen LogP contribution in [0.3, 0.4) is 0 Å². The number of guanidine groups is 1. The monoisotopic (exact) mass is 271 g/mol. The molecule has 5 nitrogen and oxygen atoms in total. The van der Waals surface area contributed by atoms with Crippen molar-refractivity contribution < 1.29 is 9.47 Å². The van der Waals surface area contributed by atoms with Gasteiger partial charge in [-0.2, -0.15) is 0 Å². The average Bonchev–Trinajstić information content (AvgIpc) is 2.39. The third kappa shape index (κ3) is 6.78. The highest BCUT2D eigenvalue weighted by molar-refractivity contribution is 5.79. The number of unbranched alkanes of at least 4 members (excludes halogenated alkanes) is 1. The van der Waals surface area contributed by atoms with Gasteiger partial charge in [-0.1, -0.05) is 20.3 Å². The molecule has 19 heavy (non-hydrogen) atoms. The van der Waals surface area contributed by atoms with Crippen LogP contribution in [0.4, 0.5) is 0 Å². The predicted molar refractivity (Wildman–Crippen MR) is 78.6 cm³/mol. The van der Waals surface area contributed by atoms with Crippen LogP contribution in [-0.4, -0.2) is 52.5 Å².